The predicted molar refractivity (Wildman–Crippen MR) is 97.6 cm³/mol. The monoisotopic (exact) mass is 426 g/mol. The summed E-state index contributed by atoms with van der Waals surface area (Å²) in [6, 6.07) is 3.04. The molecular formula is C19H18F4N4O3. The number of aromatic nitrogens is 2. The minimum atomic E-state index is -3.05. The average molecular weight is 426 g/mol. The molecule has 1 atom stereocenters. The zero-order chi connectivity index (χ0) is 21.7. The SMILES string of the molecule is NC1=N[C@@](c2cc(CC(=O)c3cnc(OCF)cn3)ccc2F)(C(F)F)CCCO1. The van der Waals surface area contributed by atoms with E-state index in [2.05, 4.69) is 19.7 Å². The number of ketones is 1. The maximum atomic E-state index is 14.6. The van der Waals surface area contributed by atoms with Crippen molar-refractivity contribution in [2.45, 2.75) is 31.2 Å². The number of amidine groups is 1. The van der Waals surface area contributed by atoms with Crippen molar-refractivity contribution in [1.82, 2.24) is 9.97 Å². The maximum absolute atomic E-state index is 14.6. The predicted octanol–water partition coefficient (Wildman–Crippen LogP) is 2.93. The molecule has 11 heteroatoms. The van der Waals surface area contributed by atoms with Gasteiger partial charge in [-0.3, -0.25) is 4.79 Å². The number of nitrogens with two attached hydrogens (primary N) is 1. The third kappa shape index (κ3) is 4.50. The van der Waals surface area contributed by atoms with Gasteiger partial charge in [-0.2, -0.15) is 0 Å². The van der Waals surface area contributed by atoms with Gasteiger partial charge in [0.1, 0.15) is 11.5 Å². The number of halogens is 4. The molecule has 1 aromatic carbocycles. The highest BCUT2D eigenvalue weighted by molar-refractivity contribution is 5.95. The van der Waals surface area contributed by atoms with E-state index in [0.717, 1.165) is 18.5 Å². The van der Waals surface area contributed by atoms with Crippen LogP contribution >= 0.6 is 0 Å². The van der Waals surface area contributed by atoms with Crippen LogP contribution in [0.2, 0.25) is 0 Å². The Morgan fingerprint density at radius 1 is 1.30 bits per heavy atom. The number of benzene rings is 1. The number of nitrogens with zero attached hydrogens (tertiary/aromatic N) is 3. The van der Waals surface area contributed by atoms with E-state index >= 15 is 0 Å². The van der Waals surface area contributed by atoms with Gasteiger partial charge < -0.3 is 15.2 Å². The quantitative estimate of drug-likeness (QED) is 0.540. The van der Waals surface area contributed by atoms with Gasteiger partial charge in [0.25, 0.3) is 12.4 Å². The summed E-state index contributed by atoms with van der Waals surface area (Å²) < 4.78 is 64.3. The molecule has 0 aliphatic carbocycles. The van der Waals surface area contributed by atoms with Crippen molar-refractivity contribution in [3.05, 3.63) is 53.2 Å². The number of hydrogen-bond acceptors (Lipinski definition) is 7. The first kappa shape index (κ1) is 21.5. The number of rotatable bonds is 7. The fraction of sp³-hybridized carbons (Fsp3) is 0.368. The minimum Gasteiger partial charge on any atom is -0.465 e. The lowest BCUT2D eigenvalue weighted by Gasteiger charge is -2.29. The summed E-state index contributed by atoms with van der Waals surface area (Å²) in [5, 5.41) is 0. The maximum Gasteiger partial charge on any atom is 0.283 e. The van der Waals surface area contributed by atoms with Gasteiger partial charge in [0.15, 0.2) is 11.3 Å². The molecule has 2 aromatic rings. The Kier molecular flexibility index (Phi) is 6.48. The van der Waals surface area contributed by atoms with E-state index in [1.54, 1.807) is 0 Å². The molecule has 0 bridgehead atoms. The van der Waals surface area contributed by atoms with Crippen molar-refractivity contribution in [3.63, 3.8) is 0 Å². The molecule has 0 unspecified atom stereocenters. The van der Waals surface area contributed by atoms with Gasteiger partial charge in [-0.25, -0.2) is 32.5 Å². The molecular weight excluding hydrogens is 408 g/mol. The van der Waals surface area contributed by atoms with E-state index in [-0.39, 0.29) is 48.6 Å². The molecule has 1 aliphatic rings. The van der Waals surface area contributed by atoms with E-state index in [1.165, 1.54) is 12.1 Å². The Morgan fingerprint density at radius 3 is 2.77 bits per heavy atom. The molecule has 7 nitrogen and oxygen atoms in total. The number of alkyl halides is 3. The van der Waals surface area contributed by atoms with Crippen LogP contribution < -0.4 is 10.5 Å². The number of carbonyl (C=O) groups is 1. The minimum absolute atomic E-state index is 0.0409. The van der Waals surface area contributed by atoms with Gasteiger partial charge in [-0.05, 0) is 30.5 Å². The van der Waals surface area contributed by atoms with E-state index in [9.17, 15) is 22.4 Å². The molecule has 0 amide bonds. The first-order valence-corrected chi connectivity index (χ1v) is 8.95. The first-order valence-electron chi connectivity index (χ1n) is 8.95. The molecule has 0 saturated heterocycles. The highest BCUT2D eigenvalue weighted by Gasteiger charge is 2.45. The molecule has 1 aromatic heterocycles. The molecule has 0 radical (unpaired) electrons. The van der Waals surface area contributed by atoms with Crippen LogP contribution in [0, 0.1) is 5.82 Å². The second-order valence-corrected chi connectivity index (χ2v) is 6.53. The third-order valence-electron chi connectivity index (χ3n) is 4.60. The summed E-state index contributed by atoms with van der Waals surface area (Å²) in [6.45, 7) is -1.01. The second-order valence-electron chi connectivity index (χ2n) is 6.53. The molecule has 2 N–H and O–H groups in total. The Hall–Kier alpha value is -3.24. The number of ether oxygens (including phenoxy) is 2. The largest absolute Gasteiger partial charge is 0.465 e. The Balaban J connectivity index is 1.90. The lowest BCUT2D eigenvalue weighted by Crippen LogP contribution is -2.35. The summed E-state index contributed by atoms with van der Waals surface area (Å²) in [5.41, 5.74) is 3.19. The molecule has 0 saturated carbocycles. The van der Waals surface area contributed by atoms with Crippen LogP contribution in [0.3, 0.4) is 0 Å². The van der Waals surface area contributed by atoms with Gasteiger partial charge in [-0.15, -0.1) is 0 Å². The van der Waals surface area contributed by atoms with Crippen molar-refractivity contribution < 1.29 is 31.8 Å². The molecule has 1 aliphatic heterocycles. The lowest BCUT2D eigenvalue weighted by molar-refractivity contribution is 0.0459. The molecule has 2 heterocycles. The van der Waals surface area contributed by atoms with Crippen LogP contribution in [0.1, 0.15) is 34.5 Å². The van der Waals surface area contributed by atoms with Gasteiger partial charge in [-0.1, -0.05) is 6.07 Å². The van der Waals surface area contributed by atoms with Crippen LogP contribution in [0.15, 0.2) is 35.6 Å². The van der Waals surface area contributed by atoms with Crippen molar-refractivity contribution in [3.8, 4) is 5.88 Å². The van der Waals surface area contributed by atoms with Crippen molar-refractivity contribution >= 4 is 11.8 Å². The van der Waals surface area contributed by atoms with Gasteiger partial charge in [0, 0.05) is 12.0 Å². The van der Waals surface area contributed by atoms with Crippen LogP contribution in [0.5, 0.6) is 5.88 Å². The number of hydrogen-bond donors (Lipinski definition) is 1. The van der Waals surface area contributed by atoms with E-state index in [1.807, 2.05) is 0 Å². The fourth-order valence-electron chi connectivity index (χ4n) is 3.15. The molecule has 3 rings (SSSR count). The Bertz CT molecular complexity index is 940. The molecule has 0 fully saturated rings. The molecule has 30 heavy (non-hydrogen) atoms. The normalized spacial score (nSPS) is 19.0. The standard InChI is InChI=1S/C19H18F4N4O3/c20-10-30-16-9-25-14(8-26-16)15(28)7-11-2-3-13(21)12(6-11)19(17(22)23)4-1-5-29-18(24)27-19/h2-3,6,8-9,17H,1,4-5,7,10H2,(H2,24,27)/t19-/m0/s1. The fourth-order valence-corrected chi connectivity index (χ4v) is 3.15. The summed E-state index contributed by atoms with van der Waals surface area (Å²) in [7, 11) is 0. The Labute approximate surface area is 168 Å². The smallest absolute Gasteiger partial charge is 0.283 e. The van der Waals surface area contributed by atoms with E-state index in [0.29, 0.717) is 0 Å². The van der Waals surface area contributed by atoms with Crippen molar-refractivity contribution in [2.75, 3.05) is 13.5 Å². The summed E-state index contributed by atoms with van der Waals surface area (Å²) in [6.07, 6.45) is -1.10. The van der Waals surface area contributed by atoms with Gasteiger partial charge in [0.2, 0.25) is 12.7 Å². The highest BCUT2D eigenvalue weighted by atomic mass is 19.3. The second kappa shape index (κ2) is 9.06. The van der Waals surface area contributed by atoms with E-state index < -0.39 is 36.4 Å². The number of carbonyl (C=O) groups excluding carboxylic acids is 1. The average Bonchev–Trinajstić information content (AvgIpc) is 2.92. The van der Waals surface area contributed by atoms with Crippen molar-refractivity contribution in [1.29, 1.82) is 0 Å². The first-order chi connectivity index (χ1) is 14.4. The number of aliphatic imine (C=N–C) groups is 1. The highest BCUT2D eigenvalue weighted by Crippen LogP contribution is 2.40. The van der Waals surface area contributed by atoms with Crippen LogP contribution in [0.4, 0.5) is 17.6 Å². The summed E-state index contributed by atoms with van der Waals surface area (Å²) >= 11 is 0. The molecule has 0 spiro atoms. The van der Waals surface area contributed by atoms with Crippen LogP contribution in [-0.2, 0) is 16.7 Å². The zero-order valence-electron chi connectivity index (χ0n) is 15.7. The number of Topliss-reactive ketones (excluding diaryl/α,β-unsaturated/α-hetero) is 1. The summed E-state index contributed by atoms with van der Waals surface area (Å²) in [5.74, 6) is -1.48. The van der Waals surface area contributed by atoms with Crippen LogP contribution in [-0.4, -0.2) is 41.7 Å². The molecule has 160 valence electrons. The van der Waals surface area contributed by atoms with Crippen LogP contribution in [0.25, 0.3) is 0 Å². The lowest BCUT2D eigenvalue weighted by atomic mass is 9.84. The Morgan fingerprint density at radius 2 is 2.10 bits per heavy atom. The zero-order valence-corrected chi connectivity index (χ0v) is 15.7. The third-order valence-corrected chi connectivity index (χ3v) is 4.60. The van der Waals surface area contributed by atoms with Crippen molar-refractivity contribution in [2.24, 2.45) is 10.7 Å². The summed E-state index contributed by atoms with van der Waals surface area (Å²) in [4.78, 5) is 23.8. The van der Waals surface area contributed by atoms with Gasteiger partial charge in [0.05, 0.1) is 19.0 Å². The van der Waals surface area contributed by atoms with Gasteiger partial charge >= 0.3 is 0 Å². The van der Waals surface area contributed by atoms with E-state index in [4.69, 9.17) is 10.5 Å². The topological polar surface area (TPSA) is 99.7 Å².